The van der Waals surface area contributed by atoms with Crippen molar-refractivity contribution in [3.05, 3.63) is 63.3 Å². The van der Waals surface area contributed by atoms with Crippen LogP contribution in [0.15, 0.2) is 35.4 Å². The number of nitrogens with one attached hydrogen (secondary N) is 2. The summed E-state index contributed by atoms with van der Waals surface area (Å²) in [5, 5.41) is 2.62. The number of aromatic amines is 1. The van der Waals surface area contributed by atoms with E-state index in [-0.39, 0.29) is 5.92 Å². The average Bonchev–Trinajstić information content (AvgIpc) is 2.52. The number of alkyl halides is 3. The van der Waals surface area contributed by atoms with E-state index in [2.05, 4.69) is 10.3 Å². The number of carbonyl (C=O) groups excluding carboxylic acids is 1. The first kappa shape index (κ1) is 18.7. The van der Waals surface area contributed by atoms with Gasteiger partial charge in [0.05, 0.1) is 17.3 Å². The molecule has 25 heavy (non-hydrogen) atoms. The second kappa shape index (κ2) is 7.08. The van der Waals surface area contributed by atoms with E-state index in [0.717, 1.165) is 5.56 Å². The third kappa shape index (κ3) is 4.26. The van der Waals surface area contributed by atoms with Crippen LogP contribution in [0.5, 0.6) is 0 Å². The van der Waals surface area contributed by atoms with Gasteiger partial charge in [0.15, 0.2) is 0 Å². The predicted octanol–water partition coefficient (Wildman–Crippen LogP) is 3.22. The predicted molar refractivity (Wildman–Crippen MR) is 86.1 cm³/mol. The highest BCUT2D eigenvalue weighted by Gasteiger charge is 2.32. The Kier molecular flexibility index (Phi) is 5.30. The average molecular weight is 353 g/mol. The molecule has 0 spiro atoms. The minimum absolute atomic E-state index is 0.0811. The molecule has 8 heteroatoms. The van der Waals surface area contributed by atoms with Crippen molar-refractivity contribution in [1.82, 2.24) is 15.3 Å². The SMILES string of the molecule is Cc1cccnc1C(NC(=O)c1cc(C(F)(F)F)c[nH]c1=O)C(C)C. The molecule has 1 amide bonds. The molecule has 2 aromatic heterocycles. The van der Waals surface area contributed by atoms with Gasteiger partial charge in [-0.3, -0.25) is 14.6 Å². The Balaban J connectivity index is 2.37. The molecule has 0 aromatic carbocycles. The molecule has 0 fully saturated rings. The Morgan fingerprint density at radius 3 is 2.56 bits per heavy atom. The van der Waals surface area contributed by atoms with Crippen LogP contribution < -0.4 is 10.9 Å². The smallest absolute Gasteiger partial charge is 0.343 e. The third-order valence-corrected chi connectivity index (χ3v) is 3.77. The van der Waals surface area contributed by atoms with Crippen molar-refractivity contribution in [3.63, 3.8) is 0 Å². The summed E-state index contributed by atoms with van der Waals surface area (Å²) in [5.41, 5.74) is -1.12. The molecule has 0 saturated heterocycles. The lowest BCUT2D eigenvalue weighted by molar-refractivity contribution is -0.137. The number of amides is 1. The molecule has 0 aliphatic rings. The van der Waals surface area contributed by atoms with Crippen molar-refractivity contribution in [3.8, 4) is 0 Å². The fourth-order valence-corrected chi connectivity index (χ4v) is 2.41. The molecule has 0 bridgehead atoms. The van der Waals surface area contributed by atoms with E-state index in [0.29, 0.717) is 18.0 Å². The van der Waals surface area contributed by atoms with E-state index in [4.69, 9.17) is 0 Å². The molecule has 2 rings (SSSR count). The van der Waals surface area contributed by atoms with E-state index in [1.54, 1.807) is 12.3 Å². The van der Waals surface area contributed by atoms with E-state index in [1.165, 1.54) is 0 Å². The van der Waals surface area contributed by atoms with Gasteiger partial charge in [0.25, 0.3) is 11.5 Å². The number of hydrogen-bond acceptors (Lipinski definition) is 3. The largest absolute Gasteiger partial charge is 0.417 e. The second-order valence-corrected chi connectivity index (χ2v) is 6.03. The van der Waals surface area contributed by atoms with Crippen LogP contribution in [0.2, 0.25) is 0 Å². The van der Waals surface area contributed by atoms with Gasteiger partial charge in [-0.1, -0.05) is 19.9 Å². The van der Waals surface area contributed by atoms with E-state index >= 15 is 0 Å². The molecule has 5 nitrogen and oxygen atoms in total. The van der Waals surface area contributed by atoms with Crippen LogP contribution >= 0.6 is 0 Å². The van der Waals surface area contributed by atoms with Gasteiger partial charge in [-0.2, -0.15) is 13.2 Å². The van der Waals surface area contributed by atoms with E-state index in [1.807, 2.05) is 31.8 Å². The highest BCUT2D eigenvalue weighted by atomic mass is 19.4. The molecule has 2 N–H and O–H groups in total. The van der Waals surface area contributed by atoms with Crippen molar-refractivity contribution in [2.24, 2.45) is 5.92 Å². The lowest BCUT2D eigenvalue weighted by atomic mass is 9.97. The highest BCUT2D eigenvalue weighted by Crippen LogP contribution is 2.28. The van der Waals surface area contributed by atoms with Crippen molar-refractivity contribution in [1.29, 1.82) is 0 Å². The van der Waals surface area contributed by atoms with E-state index in [9.17, 15) is 22.8 Å². The summed E-state index contributed by atoms with van der Waals surface area (Å²) < 4.78 is 38.4. The molecule has 2 heterocycles. The van der Waals surface area contributed by atoms with Crippen LogP contribution in [0.4, 0.5) is 13.2 Å². The van der Waals surface area contributed by atoms with Crippen molar-refractivity contribution < 1.29 is 18.0 Å². The Morgan fingerprint density at radius 1 is 1.32 bits per heavy atom. The number of H-pyrrole nitrogens is 1. The first-order valence-corrected chi connectivity index (χ1v) is 7.63. The van der Waals surface area contributed by atoms with Gasteiger partial charge in [-0.05, 0) is 30.5 Å². The van der Waals surface area contributed by atoms with Crippen molar-refractivity contribution >= 4 is 5.91 Å². The second-order valence-electron chi connectivity index (χ2n) is 6.03. The Bertz CT molecular complexity index is 828. The maximum Gasteiger partial charge on any atom is 0.417 e. The van der Waals surface area contributed by atoms with Crippen LogP contribution in [0.3, 0.4) is 0 Å². The zero-order valence-electron chi connectivity index (χ0n) is 13.9. The summed E-state index contributed by atoms with van der Waals surface area (Å²) in [5.74, 6) is -0.960. The topological polar surface area (TPSA) is 74.8 Å². The van der Waals surface area contributed by atoms with Crippen LogP contribution in [0.1, 0.15) is 47.1 Å². The number of hydrogen-bond donors (Lipinski definition) is 2. The van der Waals surface area contributed by atoms with Crippen molar-refractivity contribution in [2.75, 3.05) is 0 Å². The molecule has 2 aromatic rings. The first-order valence-electron chi connectivity index (χ1n) is 7.63. The standard InChI is InChI=1S/C17H18F3N3O2/c1-9(2)13(14-10(3)5-4-6-21-14)23-16(25)12-7-11(17(18,19)20)8-22-15(12)24/h4-9,13H,1-3H3,(H,22,24)(H,23,25). The van der Waals surface area contributed by atoms with Crippen LogP contribution in [0, 0.1) is 12.8 Å². The minimum atomic E-state index is -4.66. The lowest BCUT2D eigenvalue weighted by Gasteiger charge is -2.23. The fourth-order valence-electron chi connectivity index (χ4n) is 2.41. The summed E-state index contributed by atoms with van der Waals surface area (Å²) in [4.78, 5) is 30.4. The first-order chi connectivity index (χ1) is 11.6. The van der Waals surface area contributed by atoms with Gasteiger partial charge in [0, 0.05) is 12.4 Å². The third-order valence-electron chi connectivity index (χ3n) is 3.77. The van der Waals surface area contributed by atoms with Gasteiger partial charge in [0.2, 0.25) is 0 Å². The molecule has 1 atom stereocenters. The molecule has 1 unspecified atom stereocenters. The zero-order valence-corrected chi connectivity index (χ0v) is 13.9. The van der Waals surface area contributed by atoms with E-state index < -0.39 is 34.8 Å². The van der Waals surface area contributed by atoms with Gasteiger partial charge < -0.3 is 10.3 Å². The molecule has 134 valence electrons. The molecule has 0 aliphatic carbocycles. The number of pyridine rings is 2. The molecule has 0 radical (unpaired) electrons. The minimum Gasteiger partial charge on any atom is -0.343 e. The zero-order chi connectivity index (χ0) is 18.8. The number of aryl methyl sites for hydroxylation is 1. The Morgan fingerprint density at radius 2 is 2.00 bits per heavy atom. The van der Waals surface area contributed by atoms with Crippen LogP contribution in [0.25, 0.3) is 0 Å². The number of nitrogens with zero attached hydrogens (tertiary/aromatic N) is 1. The summed E-state index contributed by atoms with van der Waals surface area (Å²) in [6, 6.07) is 3.58. The number of carbonyl (C=O) groups is 1. The number of halogens is 3. The highest BCUT2D eigenvalue weighted by molar-refractivity contribution is 5.94. The fraction of sp³-hybridized carbons (Fsp3) is 0.353. The lowest BCUT2D eigenvalue weighted by Crippen LogP contribution is -2.36. The Hall–Kier alpha value is -2.64. The van der Waals surface area contributed by atoms with Crippen molar-refractivity contribution in [2.45, 2.75) is 33.0 Å². The maximum atomic E-state index is 12.8. The maximum absolute atomic E-state index is 12.8. The molecular weight excluding hydrogens is 335 g/mol. The molecule has 0 aliphatic heterocycles. The monoisotopic (exact) mass is 353 g/mol. The quantitative estimate of drug-likeness (QED) is 0.886. The summed E-state index contributed by atoms with van der Waals surface area (Å²) in [7, 11) is 0. The number of rotatable bonds is 4. The normalized spacial score (nSPS) is 12.9. The summed E-state index contributed by atoms with van der Waals surface area (Å²) >= 11 is 0. The Labute approximate surface area is 142 Å². The number of aromatic nitrogens is 2. The molecular formula is C17H18F3N3O2. The van der Waals surface area contributed by atoms with Gasteiger partial charge in [-0.25, -0.2) is 0 Å². The van der Waals surface area contributed by atoms with Gasteiger partial charge in [-0.15, -0.1) is 0 Å². The summed E-state index contributed by atoms with van der Waals surface area (Å²) in [6.07, 6.45) is -2.54. The van der Waals surface area contributed by atoms with Gasteiger partial charge >= 0.3 is 6.18 Å². The molecule has 0 saturated carbocycles. The van der Waals surface area contributed by atoms with Crippen LogP contribution in [-0.4, -0.2) is 15.9 Å². The summed E-state index contributed by atoms with van der Waals surface area (Å²) in [6.45, 7) is 5.51. The van der Waals surface area contributed by atoms with Gasteiger partial charge in [0.1, 0.15) is 5.56 Å². The van der Waals surface area contributed by atoms with Crippen LogP contribution in [-0.2, 0) is 6.18 Å².